The quantitative estimate of drug-likeness (QED) is 0.424. The van der Waals surface area contributed by atoms with Crippen LogP contribution in [0.25, 0.3) is 10.9 Å². The second-order valence-electron chi connectivity index (χ2n) is 7.64. The summed E-state index contributed by atoms with van der Waals surface area (Å²) < 4.78 is 2.02. The Kier molecular flexibility index (Phi) is 5.65. The molecule has 0 aliphatic carbocycles. The van der Waals surface area contributed by atoms with Crippen LogP contribution in [0.15, 0.2) is 66.9 Å². The number of aryl methyl sites for hydroxylation is 1. The molecule has 1 fully saturated rings. The van der Waals surface area contributed by atoms with Crippen LogP contribution < -0.4 is 0 Å². The van der Waals surface area contributed by atoms with Gasteiger partial charge in [0.25, 0.3) is 0 Å². The van der Waals surface area contributed by atoms with E-state index >= 15 is 0 Å². The monoisotopic (exact) mass is 392 g/mol. The van der Waals surface area contributed by atoms with Crippen LogP contribution in [0.4, 0.5) is 0 Å². The maximum atomic E-state index is 12.7. The molecule has 0 unspecified atom stereocenters. The minimum Gasteiger partial charge on any atom is -0.350 e. The van der Waals surface area contributed by atoms with Crippen molar-refractivity contribution in [3.8, 4) is 0 Å². The second kappa shape index (κ2) is 8.34. The molecule has 3 aromatic rings. The summed E-state index contributed by atoms with van der Waals surface area (Å²) in [5.41, 5.74) is 3.13. The van der Waals surface area contributed by atoms with Crippen LogP contribution in [0.3, 0.4) is 0 Å². The summed E-state index contributed by atoms with van der Waals surface area (Å²) in [6.07, 6.45) is 7.99. The Bertz CT molecular complexity index is 1010. The lowest BCUT2D eigenvalue weighted by Gasteiger charge is -2.30. The molecule has 1 aromatic heterocycles. The number of likely N-dealkylation sites (tertiary alicyclic amines) is 1. The van der Waals surface area contributed by atoms with Crippen LogP contribution in [0.1, 0.15) is 28.8 Å². The number of allylic oxidation sites excluding steroid dienone is 2. The first kappa shape index (κ1) is 19.0. The van der Waals surface area contributed by atoms with Gasteiger partial charge in [-0.3, -0.25) is 9.69 Å². The topological polar surface area (TPSA) is 25.2 Å². The van der Waals surface area contributed by atoms with E-state index in [9.17, 15) is 4.79 Å². The van der Waals surface area contributed by atoms with E-state index in [1.807, 2.05) is 60.3 Å². The fourth-order valence-corrected chi connectivity index (χ4v) is 4.26. The van der Waals surface area contributed by atoms with Crippen molar-refractivity contribution in [2.24, 2.45) is 13.0 Å². The number of piperidine rings is 1. The average Bonchev–Trinajstić information content (AvgIpc) is 3.04. The maximum absolute atomic E-state index is 12.7. The molecule has 1 aliphatic rings. The lowest BCUT2D eigenvalue weighted by Crippen LogP contribution is -2.32. The number of carbonyl (C=O) groups excluding carboxylic acids is 1. The van der Waals surface area contributed by atoms with Crippen LogP contribution in [0.5, 0.6) is 0 Å². The molecule has 28 heavy (non-hydrogen) atoms. The minimum atomic E-state index is 0.0955. The van der Waals surface area contributed by atoms with Gasteiger partial charge in [0.15, 0.2) is 5.78 Å². The zero-order valence-corrected chi connectivity index (χ0v) is 16.9. The van der Waals surface area contributed by atoms with Gasteiger partial charge < -0.3 is 4.57 Å². The van der Waals surface area contributed by atoms with Gasteiger partial charge >= 0.3 is 0 Å². The van der Waals surface area contributed by atoms with Gasteiger partial charge in [-0.05, 0) is 61.7 Å². The first-order valence-electron chi connectivity index (χ1n) is 9.83. The first-order chi connectivity index (χ1) is 13.6. The van der Waals surface area contributed by atoms with Crippen molar-refractivity contribution < 1.29 is 4.79 Å². The number of hydrogen-bond donors (Lipinski definition) is 0. The summed E-state index contributed by atoms with van der Waals surface area (Å²) in [6, 6.07) is 16.1. The summed E-state index contributed by atoms with van der Waals surface area (Å²) in [4.78, 5) is 15.2. The Morgan fingerprint density at radius 3 is 2.71 bits per heavy atom. The molecular weight excluding hydrogens is 368 g/mol. The molecular formula is C24H25ClN2O. The predicted molar refractivity (Wildman–Crippen MR) is 116 cm³/mol. The summed E-state index contributed by atoms with van der Waals surface area (Å²) in [5.74, 6) is 0.563. The highest BCUT2D eigenvalue weighted by Gasteiger charge is 2.18. The molecule has 4 heteroatoms. The number of ketones is 1. The van der Waals surface area contributed by atoms with Gasteiger partial charge in [0.2, 0.25) is 0 Å². The van der Waals surface area contributed by atoms with E-state index in [-0.39, 0.29) is 5.78 Å². The molecule has 0 atom stereocenters. The van der Waals surface area contributed by atoms with Crippen molar-refractivity contribution in [2.45, 2.75) is 19.4 Å². The summed E-state index contributed by atoms with van der Waals surface area (Å²) >= 11 is 6.08. The molecule has 1 saturated heterocycles. The van der Waals surface area contributed by atoms with Crippen molar-refractivity contribution in [2.75, 3.05) is 13.1 Å². The van der Waals surface area contributed by atoms with Crippen LogP contribution in [-0.4, -0.2) is 28.3 Å². The molecule has 0 saturated carbocycles. The smallest absolute Gasteiger partial charge is 0.187 e. The zero-order valence-electron chi connectivity index (χ0n) is 16.1. The van der Waals surface area contributed by atoms with Crippen LogP contribution >= 0.6 is 11.6 Å². The molecule has 0 spiro atoms. The van der Waals surface area contributed by atoms with E-state index < -0.39 is 0 Å². The molecule has 4 rings (SSSR count). The van der Waals surface area contributed by atoms with Crippen LogP contribution in [-0.2, 0) is 13.6 Å². The SMILES string of the molecule is Cn1cc(C(=O)C=CC2CCN(Cc3cccc(Cl)c3)CC2)c2ccccc21. The molecule has 144 valence electrons. The number of carbonyl (C=O) groups is 1. The third-order valence-corrected chi connectivity index (χ3v) is 5.84. The van der Waals surface area contributed by atoms with Gasteiger partial charge in [-0.2, -0.15) is 0 Å². The number of nitrogens with zero attached hydrogens (tertiary/aromatic N) is 2. The number of para-hydroxylation sites is 1. The van der Waals surface area contributed by atoms with Crippen LogP contribution in [0.2, 0.25) is 5.02 Å². The van der Waals surface area contributed by atoms with Crippen molar-refractivity contribution in [3.63, 3.8) is 0 Å². The Morgan fingerprint density at radius 2 is 1.93 bits per heavy atom. The largest absolute Gasteiger partial charge is 0.350 e. The van der Waals surface area contributed by atoms with Gasteiger partial charge in [-0.15, -0.1) is 0 Å². The number of rotatable bonds is 5. The highest BCUT2D eigenvalue weighted by molar-refractivity contribution is 6.30. The van der Waals surface area contributed by atoms with Crippen molar-refractivity contribution in [1.29, 1.82) is 0 Å². The molecule has 3 nitrogen and oxygen atoms in total. The lowest BCUT2D eigenvalue weighted by molar-refractivity contribution is 0.104. The molecule has 0 radical (unpaired) electrons. The number of halogens is 1. The third-order valence-electron chi connectivity index (χ3n) is 5.61. The molecule has 0 amide bonds. The van der Waals surface area contributed by atoms with E-state index in [2.05, 4.69) is 17.0 Å². The highest BCUT2D eigenvalue weighted by Crippen LogP contribution is 2.23. The van der Waals surface area contributed by atoms with Gasteiger partial charge in [-0.25, -0.2) is 0 Å². The summed E-state index contributed by atoms with van der Waals surface area (Å²) in [5, 5.41) is 1.82. The van der Waals surface area contributed by atoms with E-state index in [0.717, 1.165) is 54.0 Å². The molecule has 0 N–H and O–H groups in total. The Labute approximate surface area is 171 Å². The van der Waals surface area contributed by atoms with E-state index in [1.54, 1.807) is 6.08 Å². The van der Waals surface area contributed by atoms with Gasteiger partial charge in [0.05, 0.1) is 0 Å². The van der Waals surface area contributed by atoms with Crippen molar-refractivity contribution in [3.05, 3.63) is 83.0 Å². The van der Waals surface area contributed by atoms with E-state index in [0.29, 0.717) is 5.92 Å². The fourth-order valence-electron chi connectivity index (χ4n) is 4.05. The molecule has 2 aromatic carbocycles. The highest BCUT2D eigenvalue weighted by atomic mass is 35.5. The molecule has 0 bridgehead atoms. The Hall–Kier alpha value is -2.36. The zero-order chi connectivity index (χ0) is 19.5. The number of benzene rings is 2. The molecule has 1 aliphatic heterocycles. The Morgan fingerprint density at radius 1 is 1.14 bits per heavy atom. The fraction of sp³-hybridized carbons (Fsp3) is 0.292. The summed E-state index contributed by atoms with van der Waals surface area (Å²) in [7, 11) is 1.98. The van der Waals surface area contributed by atoms with Crippen molar-refractivity contribution in [1.82, 2.24) is 9.47 Å². The predicted octanol–water partition coefficient (Wildman–Crippen LogP) is 5.48. The number of aromatic nitrogens is 1. The lowest BCUT2D eigenvalue weighted by atomic mass is 9.95. The standard InChI is InChI=1S/C24H25ClN2O/c1-26-17-22(21-7-2-3-8-23(21)26)24(28)10-9-18-11-13-27(14-12-18)16-19-5-4-6-20(25)15-19/h2-10,15,17-18H,11-14,16H2,1H3. The number of fused-ring (bicyclic) bond motifs is 1. The first-order valence-corrected chi connectivity index (χ1v) is 10.2. The van der Waals surface area contributed by atoms with Gasteiger partial charge in [0, 0.05) is 41.3 Å². The van der Waals surface area contributed by atoms with Gasteiger partial charge in [0.1, 0.15) is 0 Å². The van der Waals surface area contributed by atoms with E-state index in [1.165, 1.54) is 5.56 Å². The Balaban J connectivity index is 1.35. The third kappa shape index (κ3) is 4.21. The van der Waals surface area contributed by atoms with Crippen LogP contribution in [0, 0.1) is 5.92 Å². The minimum absolute atomic E-state index is 0.0955. The van der Waals surface area contributed by atoms with E-state index in [4.69, 9.17) is 11.6 Å². The average molecular weight is 393 g/mol. The summed E-state index contributed by atoms with van der Waals surface area (Å²) in [6.45, 7) is 3.03. The molecule has 2 heterocycles. The van der Waals surface area contributed by atoms with Gasteiger partial charge in [-0.1, -0.05) is 48.0 Å². The van der Waals surface area contributed by atoms with Crippen molar-refractivity contribution >= 4 is 28.3 Å². The number of hydrogen-bond acceptors (Lipinski definition) is 2. The normalized spacial score (nSPS) is 16.2. The second-order valence-corrected chi connectivity index (χ2v) is 8.07. The maximum Gasteiger partial charge on any atom is 0.187 e.